The van der Waals surface area contributed by atoms with Crippen LogP contribution < -0.4 is 11.3 Å². The average molecular weight is 248 g/mol. The van der Waals surface area contributed by atoms with Gasteiger partial charge in [0.15, 0.2) is 5.16 Å². The maximum absolute atomic E-state index is 11.2. The molecule has 0 amide bonds. The smallest absolute Gasteiger partial charge is 0.251 e. The number of nitrogen functional groups attached to an aromatic ring is 1. The number of aromatic amines is 1. The van der Waals surface area contributed by atoms with Crippen molar-refractivity contribution in [3.63, 3.8) is 0 Å². The molecule has 6 heteroatoms. The maximum Gasteiger partial charge on any atom is 0.251 e. The van der Waals surface area contributed by atoms with Gasteiger partial charge in [-0.1, -0.05) is 11.8 Å². The summed E-state index contributed by atoms with van der Waals surface area (Å²) in [5.41, 5.74) is 7.76. The highest BCUT2D eigenvalue weighted by molar-refractivity contribution is 7.98. The Kier molecular flexibility index (Phi) is 3.43. The third-order valence-corrected chi connectivity index (χ3v) is 2.95. The Bertz CT molecular complexity index is 582. The minimum Gasteiger partial charge on any atom is -0.399 e. The molecule has 2 aromatic heterocycles. The van der Waals surface area contributed by atoms with Crippen molar-refractivity contribution in [3.05, 3.63) is 46.1 Å². The van der Waals surface area contributed by atoms with Gasteiger partial charge < -0.3 is 10.7 Å². The number of aromatic nitrogens is 3. The summed E-state index contributed by atoms with van der Waals surface area (Å²) in [6.45, 7) is 1.79. The van der Waals surface area contributed by atoms with Gasteiger partial charge in [-0.25, -0.2) is 4.98 Å². The lowest BCUT2D eigenvalue weighted by molar-refractivity contribution is 0.904. The first-order valence-electron chi connectivity index (χ1n) is 5.04. The Morgan fingerprint density at radius 2 is 2.29 bits per heavy atom. The monoisotopic (exact) mass is 248 g/mol. The molecule has 0 spiro atoms. The fourth-order valence-electron chi connectivity index (χ4n) is 1.34. The van der Waals surface area contributed by atoms with Crippen molar-refractivity contribution < 1.29 is 0 Å². The number of aryl methyl sites for hydroxylation is 1. The second kappa shape index (κ2) is 5.01. The summed E-state index contributed by atoms with van der Waals surface area (Å²) in [6.07, 6.45) is 1.66. The van der Waals surface area contributed by atoms with Crippen molar-refractivity contribution in [2.45, 2.75) is 17.8 Å². The number of pyridine rings is 1. The van der Waals surface area contributed by atoms with Crippen molar-refractivity contribution in [1.82, 2.24) is 15.0 Å². The number of nitrogens with one attached hydrogen (secondary N) is 1. The van der Waals surface area contributed by atoms with E-state index in [1.54, 1.807) is 25.3 Å². The predicted octanol–water partition coefficient (Wildman–Crippen LogP) is 1.35. The van der Waals surface area contributed by atoms with Crippen LogP contribution in [-0.2, 0) is 5.75 Å². The lowest BCUT2D eigenvalue weighted by Crippen LogP contribution is -2.08. The molecule has 2 rings (SSSR count). The predicted molar refractivity (Wildman–Crippen MR) is 67.8 cm³/mol. The fraction of sp³-hybridized carbons (Fsp3) is 0.182. The van der Waals surface area contributed by atoms with Crippen LogP contribution >= 0.6 is 11.8 Å². The molecule has 2 aromatic rings. The second-order valence-corrected chi connectivity index (χ2v) is 4.53. The molecular weight excluding hydrogens is 236 g/mol. The third-order valence-electron chi connectivity index (χ3n) is 2.05. The Balaban J connectivity index is 2.09. The largest absolute Gasteiger partial charge is 0.399 e. The van der Waals surface area contributed by atoms with Crippen LogP contribution in [0.1, 0.15) is 11.4 Å². The van der Waals surface area contributed by atoms with Crippen molar-refractivity contribution >= 4 is 17.4 Å². The third kappa shape index (κ3) is 3.32. The van der Waals surface area contributed by atoms with Gasteiger partial charge in [0.2, 0.25) is 0 Å². The van der Waals surface area contributed by atoms with E-state index in [0.29, 0.717) is 22.3 Å². The number of H-pyrrole nitrogens is 1. The van der Waals surface area contributed by atoms with Crippen molar-refractivity contribution in [1.29, 1.82) is 0 Å². The molecule has 0 aliphatic rings. The molecule has 0 aromatic carbocycles. The van der Waals surface area contributed by atoms with E-state index < -0.39 is 0 Å². The summed E-state index contributed by atoms with van der Waals surface area (Å²) in [5.74, 6) is 0.622. The molecule has 17 heavy (non-hydrogen) atoms. The molecule has 88 valence electrons. The zero-order valence-electron chi connectivity index (χ0n) is 9.30. The Morgan fingerprint density at radius 3 is 3.00 bits per heavy atom. The van der Waals surface area contributed by atoms with Gasteiger partial charge in [0.1, 0.15) is 0 Å². The molecule has 0 aliphatic heterocycles. The van der Waals surface area contributed by atoms with E-state index >= 15 is 0 Å². The first-order chi connectivity index (χ1) is 8.13. The van der Waals surface area contributed by atoms with Crippen LogP contribution in [0.3, 0.4) is 0 Å². The van der Waals surface area contributed by atoms with Crippen LogP contribution in [-0.4, -0.2) is 15.0 Å². The van der Waals surface area contributed by atoms with Gasteiger partial charge >= 0.3 is 0 Å². The number of nitrogens with zero attached hydrogens (tertiary/aromatic N) is 2. The van der Waals surface area contributed by atoms with Gasteiger partial charge in [-0.3, -0.25) is 9.78 Å². The van der Waals surface area contributed by atoms with Gasteiger partial charge in [-0.05, 0) is 19.1 Å². The number of hydrogen-bond acceptors (Lipinski definition) is 5. The minimum atomic E-state index is -0.138. The van der Waals surface area contributed by atoms with Gasteiger partial charge in [-0.15, -0.1) is 0 Å². The van der Waals surface area contributed by atoms with Gasteiger partial charge in [-0.2, -0.15) is 0 Å². The Labute approximate surface area is 103 Å². The molecular formula is C11H12N4OS. The van der Waals surface area contributed by atoms with Gasteiger partial charge in [0.05, 0.1) is 5.69 Å². The van der Waals surface area contributed by atoms with Crippen LogP contribution in [0.4, 0.5) is 5.69 Å². The number of thioether (sulfide) groups is 1. The van der Waals surface area contributed by atoms with Gasteiger partial charge in [0.25, 0.3) is 5.56 Å². The lowest BCUT2D eigenvalue weighted by Gasteiger charge is -2.02. The van der Waals surface area contributed by atoms with Crippen LogP contribution in [0, 0.1) is 6.92 Å². The summed E-state index contributed by atoms with van der Waals surface area (Å²) < 4.78 is 0. The van der Waals surface area contributed by atoms with Crippen LogP contribution in [0.5, 0.6) is 0 Å². The number of nitrogens with two attached hydrogens (primary N) is 1. The normalized spacial score (nSPS) is 10.4. The number of anilines is 1. The Hall–Kier alpha value is -1.82. The standard InChI is InChI=1S/C11H12N4OS/c1-7-4-10(16)15-11(14-7)17-6-9-5-8(12)2-3-13-9/h2-5H,6H2,1H3,(H2,12,13)(H,14,15,16). The summed E-state index contributed by atoms with van der Waals surface area (Å²) in [4.78, 5) is 22.3. The van der Waals surface area contributed by atoms with Crippen molar-refractivity contribution in [3.8, 4) is 0 Å². The second-order valence-electron chi connectivity index (χ2n) is 3.56. The van der Waals surface area contributed by atoms with E-state index in [4.69, 9.17) is 5.73 Å². The highest BCUT2D eigenvalue weighted by Gasteiger charge is 2.01. The van der Waals surface area contributed by atoms with E-state index in [9.17, 15) is 4.79 Å². The SMILES string of the molecule is Cc1cc(=O)[nH]c(SCc2cc(N)ccn2)n1. The summed E-state index contributed by atoms with van der Waals surface area (Å²) in [7, 11) is 0. The molecule has 2 heterocycles. The number of rotatable bonds is 3. The zero-order chi connectivity index (χ0) is 12.3. The molecule has 0 fully saturated rings. The quantitative estimate of drug-likeness (QED) is 0.632. The van der Waals surface area contributed by atoms with E-state index in [1.165, 1.54) is 17.8 Å². The minimum absolute atomic E-state index is 0.138. The van der Waals surface area contributed by atoms with E-state index in [2.05, 4.69) is 15.0 Å². The molecule has 3 N–H and O–H groups in total. The molecule has 0 unspecified atom stereocenters. The van der Waals surface area contributed by atoms with E-state index in [1.807, 2.05) is 0 Å². The molecule has 0 bridgehead atoms. The number of hydrogen-bond donors (Lipinski definition) is 2. The molecule has 0 saturated carbocycles. The Morgan fingerprint density at radius 1 is 1.47 bits per heavy atom. The first-order valence-corrected chi connectivity index (χ1v) is 6.03. The van der Waals surface area contributed by atoms with E-state index in [0.717, 1.165) is 5.69 Å². The topological polar surface area (TPSA) is 84.7 Å². The van der Waals surface area contributed by atoms with Crippen LogP contribution in [0.25, 0.3) is 0 Å². The van der Waals surface area contributed by atoms with Crippen LogP contribution in [0.2, 0.25) is 0 Å². The molecule has 5 nitrogen and oxygen atoms in total. The van der Waals surface area contributed by atoms with Crippen molar-refractivity contribution in [2.24, 2.45) is 0 Å². The summed E-state index contributed by atoms with van der Waals surface area (Å²) in [6, 6.07) is 5.00. The van der Waals surface area contributed by atoms with E-state index in [-0.39, 0.29) is 5.56 Å². The first kappa shape index (κ1) is 11.7. The van der Waals surface area contributed by atoms with Crippen molar-refractivity contribution in [2.75, 3.05) is 5.73 Å². The maximum atomic E-state index is 11.2. The highest BCUT2D eigenvalue weighted by Crippen LogP contribution is 2.17. The average Bonchev–Trinajstić information content (AvgIpc) is 2.25. The molecule has 0 aliphatic carbocycles. The zero-order valence-corrected chi connectivity index (χ0v) is 10.1. The lowest BCUT2D eigenvalue weighted by atomic mass is 10.3. The van der Waals surface area contributed by atoms with Crippen LogP contribution in [0.15, 0.2) is 34.3 Å². The molecule has 0 atom stereocenters. The molecule has 0 radical (unpaired) electrons. The highest BCUT2D eigenvalue weighted by atomic mass is 32.2. The summed E-state index contributed by atoms with van der Waals surface area (Å²) >= 11 is 1.43. The summed E-state index contributed by atoms with van der Waals surface area (Å²) in [5, 5.41) is 0.597. The fourth-order valence-corrected chi connectivity index (χ4v) is 2.16. The molecule has 0 saturated heterocycles. The van der Waals surface area contributed by atoms with Gasteiger partial charge in [0, 0.05) is 29.4 Å².